The van der Waals surface area contributed by atoms with Crippen molar-refractivity contribution in [3.63, 3.8) is 0 Å². The Labute approximate surface area is 236 Å². The second kappa shape index (κ2) is 13.6. The number of amides is 2. The summed E-state index contributed by atoms with van der Waals surface area (Å²) < 4.78 is 5.36. The van der Waals surface area contributed by atoms with E-state index in [1.807, 2.05) is 30.3 Å². The molecular weight excluding hydrogens is 541 g/mol. The fraction of sp³-hybridized carbons (Fsp3) is 0.276. The lowest BCUT2D eigenvalue weighted by atomic mass is 9.96. The largest absolute Gasteiger partial charge is 0.480 e. The van der Waals surface area contributed by atoms with Crippen LogP contribution in [0.25, 0.3) is 11.1 Å². The molecule has 3 N–H and O–H groups in total. The number of carbonyl (C=O) groups is 3. The maximum absolute atomic E-state index is 13.0. The van der Waals surface area contributed by atoms with Gasteiger partial charge in [0.1, 0.15) is 6.04 Å². The minimum atomic E-state index is -1.19. The molecule has 1 aliphatic rings. The summed E-state index contributed by atoms with van der Waals surface area (Å²) >= 11 is 12.2. The fourth-order valence-corrected chi connectivity index (χ4v) is 4.95. The summed E-state index contributed by atoms with van der Waals surface area (Å²) in [6.45, 7) is 4.44. The first kappa shape index (κ1) is 28.6. The number of ether oxygens (including phenoxy) is 1. The van der Waals surface area contributed by atoms with Crippen molar-refractivity contribution in [2.24, 2.45) is 0 Å². The molecule has 0 bridgehead atoms. The molecule has 0 aromatic heterocycles. The Morgan fingerprint density at radius 1 is 0.897 bits per heavy atom. The summed E-state index contributed by atoms with van der Waals surface area (Å²) in [7, 11) is 0. The molecule has 4 rings (SSSR count). The average Bonchev–Trinajstić information content (AvgIpc) is 2.93. The van der Waals surface area contributed by atoms with Crippen LogP contribution in [0, 0.1) is 0 Å². The van der Waals surface area contributed by atoms with E-state index >= 15 is 0 Å². The van der Waals surface area contributed by atoms with Crippen LogP contribution in [0.1, 0.15) is 26.3 Å². The van der Waals surface area contributed by atoms with E-state index in [1.54, 1.807) is 24.3 Å². The number of nitrogens with zero attached hydrogens (tertiary/aromatic N) is 1. The van der Waals surface area contributed by atoms with Crippen molar-refractivity contribution in [2.45, 2.75) is 12.5 Å². The first-order valence-electron chi connectivity index (χ1n) is 12.6. The highest BCUT2D eigenvalue weighted by molar-refractivity contribution is 6.39. The summed E-state index contributed by atoms with van der Waals surface area (Å²) in [6.07, 6.45) is 0.0487. The number of rotatable bonds is 10. The lowest BCUT2D eigenvalue weighted by Crippen LogP contribution is -2.42. The van der Waals surface area contributed by atoms with E-state index in [0.717, 1.165) is 30.8 Å². The Hall–Kier alpha value is -3.43. The van der Waals surface area contributed by atoms with Crippen molar-refractivity contribution >= 4 is 41.0 Å². The van der Waals surface area contributed by atoms with E-state index in [0.29, 0.717) is 30.9 Å². The molecule has 8 nitrogen and oxygen atoms in total. The minimum Gasteiger partial charge on any atom is -0.480 e. The first-order valence-corrected chi connectivity index (χ1v) is 13.3. The summed E-state index contributed by atoms with van der Waals surface area (Å²) in [5, 5.41) is 15.5. The van der Waals surface area contributed by atoms with Crippen LogP contribution in [-0.2, 0) is 16.0 Å². The van der Waals surface area contributed by atoms with Gasteiger partial charge in [0, 0.05) is 38.2 Å². The lowest BCUT2D eigenvalue weighted by Gasteiger charge is -2.26. The van der Waals surface area contributed by atoms with Gasteiger partial charge in [0.15, 0.2) is 0 Å². The fourth-order valence-electron chi connectivity index (χ4n) is 4.38. The molecule has 0 saturated carbocycles. The number of carbonyl (C=O) groups excluding carboxylic acids is 2. The Balaban J connectivity index is 1.42. The van der Waals surface area contributed by atoms with Crippen molar-refractivity contribution in [1.29, 1.82) is 0 Å². The predicted molar refractivity (Wildman–Crippen MR) is 151 cm³/mol. The molecule has 1 heterocycles. The van der Waals surface area contributed by atoms with Crippen LogP contribution in [0.4, 0.5) is 0 Å². The lowest BCUT2D eigenvalue weighted by molar-refractivity contribution is -0.139. The van der Waals surface area contributed by atoms with Crippen LogP contribution >= 0.6 is 23.2 Å². The van der Waals surface area contributed by atoms with Crippen molar-refractivity contribution in [2.75, 3.05) is 39.4 Å². The maximum Gasteiger partial charge on any atom is 0.326 e. The van der Waals surface area contributed by atoms with Gasteiger partial charge in [-0.3, -0.25) is 14.5 Å². The number of hydrogen-bond donors (Lipinski definition) is 3. The zero-order valence-electron chi connectivity index (χ0n) is 21.2. The van der Waals surface area contributed by atoms with Crippen molar-refractivity contribution in [3.8, 4) is 11.1 Å². The van der Waals surface area contributed by atoms with Gasteiger partial charge in [-0.1, -0.05) is 71.7 Å². The van der Waals surface area contributed by atoms with Gasteiger partial charge in [-0.05, 0) is 34.9 Å². The molecule has 1 atom stereocenters. The third-order valence-electron chi connectivity index (χ3n) is 6.49. The SMILES string of the molecule is O=C(NCCN1CCOCC1)c1ccccc1-c1ccc(C[C@H](NC(=O)c2c(Cl)cccc2Cl)C(=O)O)cc1. The summed E-state index contributed by atoms with van der Waals surface area (Å²) in [5.41, 5.74) is 2.87. The monoisotopic (exact) mass is 569 g/mol. The molecule has 1 saturated heterocycles. The summed E-state index contributed by atoms with van der Waals surface area (Å²) in [4.78, 5) is 39.8. The van der Waals surface area contributed by atoms with Crippen molar-refractivity contribution in [3.05, 3.63) is 93.5 Å². The van der Waals surface area contributed by atoms with Crippen molar-refractivity contribution < 1.29 is 24.2 Å². The van der Waals surface area contributed by atoms with Gasteiger partial charge < -0.3 is 20.5 Å². The number of carboxylic acids is 1. The number of carboxylic acid groups (broad SMARTS) is 1. The molecule has 0 unspecified atom stereocenters. The Morgan fingerprint density at radius 2 is 1.56 bits per heavy atom. The second-order valence-corrected chi connectivity index (χ2v) is 9.93. The molecule has 0 aliphatic carbocycles. The topological polar surface area (TPSA) is 108 Å². The van der Waals surface area contributed by atoms with E-state index < -0.39 is 17.9 Å². The molecule has 2 amide bonds. The quantitative estimate of drug-likeness (QED) is 0.338. The average molecular weight is 570 g/mol. The maximum atomic E-state index is 13.0. The number of benzene rings is 3. The van der Waals surface area contributed by atoms with Crippen molar-refractivity contribution in [1.82, 2.24) is 15.5 Å². The first-order chi connectivity index (χ1) is 18.8. The van der Waals surface area contributed by atoms with Gasteiger partial charge >= 0.3 is 5.97 Å². The summed E-state index contributed by atoms with van der Waals surface area (Å²) in [6, 6.07) is 18.0. The molecule has 204 valence electrons. The van der Waals surface area contributed by atoms with Gasteiger partial charge in [-0.2, -0.15) is 0 Å². The van der Waals surface area contributed by atoms with Crippen LogP contribution < -0.4 is 10.6 Å². The standard InChI is InChI=1S/C29H29Cl2N3O5/c30-23-6-3-7-24(31)26(23)28(36)33-25(29(37)38)18-19-8-10-20(11-9-19)21-4-1-2-5-22(21)27(35)32-12-13-34-14-16-39-17-15-34/h1-11,25H,12-18H2,(H,32,35)(H,33,36)(H,37,38)/t25-/m0/s1. The number of halogens is 2. The van der Waals surface area contributed by atoms with E-state index in [4.69, 9.17) is 27.9 Å². The van der Waals surface area contributed by atoms with Gasteiger partial charge in [0.2, 0.25) is 0 Å². The molecule has 3 aromatic carbocycles. The number of morpholine rings is 1. The van der Waals surface area contributed by atoms with Gasteiger partial charge in [0.05, 0.1) is 28.8 Å². The smallest absolute Gasteiger partial charge is 0.326 e. The zero-order valence-corrected chi connectivity index (χ0v) is 22.7. The number of aliphatic carboxylic acids is 1. The summed E-state index contributed by atoms with van der Waals surface area (Å²) in [5.74, 6) is -2.01. The number of hydrogen-bond acceptors (Lipinski definition) is 5. The highest BCUT2D eigenvalue weighted by Gasteiger charge is 2.24. The van der Waals surface area contributed by atoms with E-state index in [1.165, 1.54) is 12.1 Å². The van der Waals surface area contributed by atoms with Crippen LogP contribution in [0.2, 0.25) is 10.0 Å². The van der Waals surface area contributed by atoms with E-state index in [-0.39, 0.29) is 27.9 Å². The molecule has 0 radical (unpaired) electrons. The van der Waals surface area contributed by atoms with Crippen LogP contribution in [0.5, 0.6) is 0 Å². The third kappa shape index (κ3) is 7.58. The molecule has 3 aromatic rings. The van der Waals surface area contributed by atoms with Crippen LogP contribution in [0.15, 0.2) is 66.7 Å². The van der Waals surface area contributed by atoms with Gasteiger partial charge in [-0.25, -0.2) is 4.79 Å². The highest BCUT2D eigenvalue weighted by atomic mass is 35.5. The predicted octanol–water partition coefficient (Wildman–Crippen LogP) is 4.15. The minimum absolute atomic E-state index is 0.0299. The second-order valence-electron chi connectivity index (χ2n) is 9.12. The van der Waals surface area contributed by atoms with Crippen LogP contribution in [-0.4, -0.2) is 73.2 Å². The highest BCUT2D eigenvalue weighted by Crippen LogP contribution is 2.26. The van der Waals surface area contributed by atoms with E-state index in [2.05, 4.69) is 15.5 Å². The van der Waals surface area contributed by atoms with Gasteiger partial charge in [-0.15, -0.1) is 0 Å². The Morgan fingerprint density at radius 3 is 2.23 bits per heavy atom. The molecule has 0 spiro atoms. The molecule has 1 aliphatic heterocycles. The van der Waals surface area contributed by atoms with E-state index in [9.17, 15) is 19.5 Å². The Bertz CT molecular complexity index is 1310. The van der Waals surface area contributed by atoms with Crippen LogP contribution in [0.3, 0.4) is 0 Å². The Kier molecular flexibility index (Phi) is 9.95. The molecule has 39 heavy (non-hydrogen) atoms. The zero-order chi connectivity index (χ0) is 27.8. The molecule has 10 heteroatoms. The van der Waals surface area contributed by atoms with Gasteiger partial charge in [0.25, 0.3) is 11.8 Å². The normalized spacial score (nSPS) is 14.4. The third-order valence-corrected chi connectivity index (χ3v) is 7.12. The number of nitrogens with one attached hydrogen (secondary N) is 2. The molecule has 1 fully saturated rings. The molecular formula is C29H29Cl2N3O5.